The predicted octanol–water partition coefficient (Wildman–Crippen LogP) is 1.37. The standard InChI is InChI=1S/C12H25N3O.2ClH/c1-3-14(4-2)10-12(16)15-7-5-11(9-13)6-8-15;;/h11H,3-10,13H2,1-2H3;2*1H. The zero-order chi connectivity index (χ0) is 12.0. The van der Waals surface area contributed by atoms with Gasteiger partial charge in [0.2, 0.25) is 5.91 Å². The minimum atomic E-state index is 0. The lowest BCUT2D eigenvalue weighted by Gasteiger charge is -2.32. The summed E-state index contributed by atoms with van der Waals surface area (Å²) in [6, 6.07) is 0. The van der Waals surface area contributed by atoms with Gasteiger partial charge in [-0.25, -0.2) is 0 Å². The normalized spacial score (nSPS) is 16.1. The Labute approximate surface area is 123 Å². The largest absolute Gasteiger partial charge is 0.342 e. The molecule has 1 aliphatic heterocycles. The van der Waals surface area contributed by atoms with Gasteiger partial charge in [-0.15, -0.1) is 24.8 Å². The van der Waals surface area contributed by atoms with Gasteiger partial charge in [0.1, 0.15) is 0 Å². The number of hydrogen-bond donors (Lipinski definition) is 1. The number of halogens is 2. The van der Waals surface area contributed by atoms with Crippen molar-refractivity contribution in [3.63, 3.8) is 0 Å². The van der Waals surface area contributed by atoms with Crippen LogP contribution in [0, 0.1) is 5.92 Å². The smallest absolute Gasteiger partial charge is 0.236 e. The van der Waals surface area contributed by atoms with Crippen molar-refractivity contribution < 1.29 is 4.79 Å². The Hall–Kier alpha value is -0.0300. The average Bonchev–Trinajstić information content (AvgIpc) is 2.35. The van der Waals surface area contributed by atoms with E-state index in [0.717, 1.165) is 45.6 Å². The molecule has 1 heterocycles. The zero-order valence-corrected chi connectivity index (χ0v) is 13.1. The van der Waals surface area contributed by atoms with Crippen molar-refractivity contribution in [2.45, 2.75) is 26.7 Å². The van der Waals surface area contributed by atoms with E-state index in [-0.39, 0.29) is 30.7 Å². The maximum absolute atomic E-state index is 12.0. The van der Waals surface area contributed by atoms with Crippen LogP contribution < -0.4 is 5.73 Å². The predicted molar refractivity (Wildman–Crippen MR) is 80.6 cm³/mol. The van der Waals surface area contributed by atoms with Crippen molar-refractivity contribution in [2.75, 3.05) is 39.3 Å². The van der Waals surface area contributed by atoms with Crippen LogP contribution in [0.1, 0.15) is 26.7 Å². The molecule has 18 heavy (non-hydrogen) atoms. The van der Waals surface area contributed by atoms with E-state index in [4.69, 9.17) is 5.73 Å². The summed E-state index contributed by atoms with van der Waals surface area (Å²) >= 11 is 0. The van der Waals surface area contributed by atoms with Crippen LogP contribution in [-0.4, -0.2) is 55.0 Å². The number of amides is 1. The van der Waals surface area contributed by atoms with Crippen LogP contribution in [0.5, 0.6) is 0 Å². The highest BCUT2D eigenvalue weighted by atomic mass is 35.5. The molecule has 1 saturated heterocycles. The molecule has 110 valence electrons. The quantitative estimate of drug-likeness (QED) is 0.834. The van der Waals surface area contributed by atoms with E-state index in [0.29, 0.717) is 12.5 Å². The summed E-state index contributed by atoms with van der Waals surface area (Å²) in [6.45, 7) is 9.19. The number of rotatable bonds is 5. The van der Waals surface area contributed by atoms with E-state index in [9.17, 15) is 4.79 Å². The molecule has 0 unspecified atom stereocenters. The first-order chi connectivity index (χ1) is 7.71. The van der Waals surface area contributed by atoms with Crippen molar-refractivity contribution >= 4 is 30.7 Å². The van der Waals surface area contributed by atoms with Gasteiger partial charge in [-0.05, 0) is 38.4 Å². The molecule has 0 aromatic rings. The van der Waals surface area contributed by atoms with E-state index in [1.54, 1.807) is 0 Å². The van der Waals surface area contributed by atoms with Crippen molar-refractivity contribution in [3.8, 4) is 0 Å². The maximum atomic E-state index is 12.0. The van der Waals surface area contributed by atoms with Crippen LogP contribution in [0.4, 0.5) is 0 Å². The number of carbonyl (C=O) groups is 1. The van der Waals surface area contributed by atoms with Gasteiger partial charge in [0.05, 0.1) is 6.54 Å². The molecular formula is C12H27Cl2N3O. The summed E-state index contributed by atoms with van der Waals surface area (Å²) in [4.78, 5) is 16.1. The molecule has 0 aliphatic carbocycles. The van der Waals surface area contributed by atoms with Crippen LogP contribution >= 0.6 is 24.8 Å². The van der Waals surface area contributed by atoms with Gasteiger partial charge in [0.15, 0.2) is 0 Å². The third-order valence-corrected chi connectivity index (χ3v) is 3.55. The molecule has 0 aromatic heterocycles. The van der Waals surface area contributed by atoms with Crippen molar-refractivity contribution in [1.82, 2.24) is 9.80 Å². The lowest BCUT2D eigenvalue weighted by molar-refractivity contribution is -0.133. The lowest BCUT2D eigenvalue weighted by atomic mass is 9.97. The molecule has 1 rings (SSSR count). The Balaban J connectivity index is 0. The summed E-state index contributed by atoms with van der Waals surface area (Å²) in [5.74, 6) is 0.900. The topological polar surface area (TPSA) is 49.6 Å². The number of likely N-dealkylation sites (N-methyl/N-ethyl adjacent to an activating group) is 1. The van der Waals surface area contributed by atoms with E-state index >= 15 is 0 Å². The van der Waals surface area contributed by atoms with E-state index < -0.39 is 0 Å². The molecule has 6 heteroatoms. The van der Waals surface area contributed by atoms with Gasteiger partial charge in [-0.2, -0.15) is 0 Å². The van der Waals surface area contributed by atoms with Gasteiger partial charge < -0.3 is 10.6 Å². The Morgan fingerprint density at radius 2 is 1.72 bits per heavy atom. The minimum absolute atomic E-state index is 0. The zero-order valence-electron chi connectivity index (χ0n) is 11.4. The maximum Gasteiger partial charge on any atom is 0.236 e. The first kappa shape index (κ1) is 20.3. The molecule has 0 bridgehead atoms. The van der Waals surface area contributed by atoms with E-state index in [2.05, 4.69) is 18.7 Å². The third kappa shape index (κ3) is 6.23. The molecule has 0 saturated carbocycles. The summed E-state index contributed by atoms with van der Waals surface area (Å²) in [7, 11) is 0. The Bertz CT molecular complexity index is 217. The fourth-order valence-electron chi connectivity index (χ4n) is 2.16. The highest BCUT2D eigenvalue weighted by Gasteiger charge is 2.22. The molecule has 0 atom stereocenters. The average molecular weight is 300 g/mol. The van der Waals surface area contributed by atoms with Gasteiger partial charge in [-0.1, -0.05) is 13.8 Å². The van der Waals surface area contributed by atoms with Gasteiger partial charge >= 0.3 is 0 Å². The first-order valence-electron chi connectivity index (χ1n) is 6.41. The fourth-order valence-corrected chi connectivity index (χ4v) is 2.16. The van der Waals surface area contributed by atoms with E-state index in [1.807, 2.05) is 4.90 Å². The minimum Gasteiger partial charge on any atom is -0.342 e. The number of piperidine rings is 1. The number of likely N-dealkylation sites (tertiary alicyclic amines) is 1. The molecule has 4 nitrogen and oxygen atoms in total. The van der Waals surface area contributed by atoms with Crippen LogP contribution in [0.2, 0.25) is 0 Å². The van der Waals surface area contributed by atoms with Crippen LogP contribution in [0.25, 0.3) is 0 Å². The second-order valence-electron chi connectivity index (χ2n) is 4.52. The van der Waals surface area contributed by atoms with Gasteiger partial charge in [0, 0.05) is 13.1 Å². The molecule has 0 radical (unpaired) electrons. The first-order valence-corrected chi connectivity index (χ1v) is 6.41. The molecule has 1 fully saturated rings. The highest BCUT2D eigenvalue weighted by molar-refractivity contribution is 5.85. The molecule has 0 spiro atoms. The lowest BCUT2D eigenvalue weighted by Crippen LogP contribution is -2.45. The van der Waals surface area contributed by atoms with Crippen molar-refractivity contribution in [3.05, 3.63) is 0 Å². The van der Waals surface area contributed by atoms with Crippen LogP contribution in [0.3, 0.4) is 0 Å². The SMILES string of the molecule is CCN(CC)CC(=O)N1CCC(CN)CC1.Cl.Cl. The second-order valence-corrected chi connectivity index (χ2v) is 4.52. The Morgan fingerprint density at radius 3 is 2.11 bits per heavy atom. The summed E-state index contributed by atoms with van der Waals surface area (Å²) < 4.78 is 0. The van der Waals surface area contributed by atoms with Crippen LogP contribution in [0.15, 0.2) is 0 Å². The number of carbonyl (C=O) groups excluding carboxylic acids is 1. The second kappa shape index (κ2) is 10.9. The van der Waals surface area contributed by atoms with Crippen molar-refractivity contribution in [1.29, 1.82) is 0 Å². The highest BCUT2D eigenvalue weighted by Crippen LogP contribution is 2.15. The third-order valence-electron chi connectivity index (χ3n) is 3.55. The molecule has 1 aliphatic rings. The molecule has 2 N–H and O–H groups in total. The van der Waals surface area contributed by atoms with E-state index in [1.165, 1.54) is 0 Å². The van der Waals surface area contributed by atoms with Crippen LogP contribution in [-0.2, 0) is 4.79 Å². The summed E-state index contributed by atoms with van der Waals surface area (Å²) in [6.07, 6.45) is 2.14. The van der Waals surface area contributed by atoms with Gasteiger partial charge in [0.25, 0.3) is 0 Å². The summed E-state index contributed by atoms with van der Waals surface area (Å²) in [5, 5.41) is 0. The molecule has 1 amide bonds. The van der Waals surface area contributed by atoms with Crippen molar-refractivity contribution in [2.24, 2.45) is 11.7 Å². The summed E-state index contributed by atoms with van der Waals surface area (Å²) in [5.41, 5.74) is 5.64. The Morgan fingerprint density at radius 1 is 1.22 bits per heavy atom. The molecular weight excluding hydrogens is 273 g/mol. The monoisotopic (exact) mass is 299 g/mol. The Kier molecular flexibility index (Phi) is 12.2. The molecule has 0 aromatic carbocycles. The fraction of sp³-hybridized carbons (Fsp3) is 0.917. The number of nitrogens with zero attached hydrogens (tertiary/aromatic N) is 2. The number of hydrogen-bond acceptors (Lipinski definition) is 3. The number of nitrogens with two attached hydrogens (primary N) is 1. The van der Waals surface area contributed by atoms with Gasteiger partial charge in [-0.3, -0.25) is 9.69 Å².